The number of rotatable bonds is 8. The molecule has 4 nitrogen and oxygen atoms in total. The molecule has 0 saturated heterocycles. The Morgan fingerprint density at radius 2 is 2.37 bits per heavy atom. The van der Waals surface area contributed by atoms with Crippen LogP contribution in [0.5, 0.6) is 0 Å². The summed E-state index contributed by atoms with van der Waals surface area (Å²) >= 11 is 5.08. The third-order valence-corrected chi connectivity index (χ3v) is 4.78. The van der Waals surface area contributed by atoms with Gasteiger partial charge in [-0.25, -0.2) is 4.98 Å². The molecule has 1 rings (SSSR count). The van der Waals surface area contributed by atoms with Crippen LogP contribution in [0.1, 0.15) is 26.7 Å². The Balaban J connectivity index is 2.53. The molecule has 1 amide bonds. The van der Waals surface area contributed by atoms with E-state index in [4.69, 9.17) is 5.73 Å². The van der Waals surface area contributed by atoms with E-state index < -0.39 is 5.54 Å². The molecule has 0 aliphatic rings. The Morgan fingerprint density at radius 1 is 1.63 bits per heavy atom. The highest BCUT2D eigenvalue weighted by molar-refractivity contribution is 9.10. The number of aromatic nitrogens is 1. The van der Waals surface area contributed by atoms with Crippen LogP contribution in [0.15, 0.2) is 27.8 Å². The summed E-state index contributed by atoms with van der Waals surface area (Å²) < 4.78 is 0.974. The maximum atomic E-state index is 11.6. The topological polar surface area (TPSA) is 68.0 Å². The molecular weight excluding hydrogens is 326 g/mol. The summed E-state index contributed by atoms with van der Waals surface area (Å²) in [7, 11) is 0. The number of halogens is 1. The Hall–Kier alpha value is -0.590. The van der Waals surface area contributed by atoms with Crippen LogP contribution >= 0.6 is 27.7 Å². The van der Waals surface area contributed by atoms with Gasteiger partial charge in [0.05, 0.1) is 5.54 Å². The number of hydrogen-bond donors (Lipinski definition) is 2. The van der Waals surface area contributed by atoms with E-state index in [1.165, 1.54) is 0 Å². The first-order valence-electron chi connectivity index (χ1n) is 6.28. The highest BCUT2D eigenvalue weighted by Gasteiger charge is 2.29. The molecule has 6 heteroatoms. The highest BCUT2D eigenvalue weighted by Crippen LogP contribution is 2.26. The molecule has 1 unspecified atom stereocenters. The molecule has 3 N–H and O–H groups in total. The first-order chi connectivity index (χ1) is 8.99. The Labute approximate surface area is 127 Å². The summed E-state index contributed by atoms with van der Waals surface area (Å²) in [6.45, 7) is 4.71. The van der Waals surface area contributed by atoms with Crippen molar-refractivity contribution in [2.24, 2.45) is 5.73 Å². The lowest BCUT2D eigenvalue weighted by Gasteiger charge is -2.27. The van der Waals surface area contributed by atoms with Gasteiger partial charge in [0.25, 0.3) is 0 Å². The monoisotopic (exact) mass is 345 g/mol. The quantitative estimate of drug-likeness (QED) is 0.710. The number of pyridine rings is 1. The predicted octanol–water partition coefficient (Wildman–Crippen LogP) is 2.57. The van der Waals surface area contributed by atoms with E-state index in [2.05, 4.69) is 33.2 Å². The summed E-state index contributed by atoms with van der Waals surface area (Å²) in [5, 5.41) is 4.16. The number of carbonyl (C=O) groups excluding carboxylic acids is 1. The average Bonchev–Trinajstić information content (AvgIpc) is 2.38. The maximum absolute atomic E-state index is 11.6. The van der Waals surface area contributed by atoms with Gasteiger partial charge in [-0.3, -0.25) is 4.79 Å². The van der Waals surface area contributed by atoms with Gasteiger partial charge in [-0.2, -0.15) is 0 Å². The Bertz CT molecular complexity index is 430. The van der Waals surface area contributed by atoms with Crippen molar-refractivity contribution in [2.45, 2.75) is 37.3 Å². The summed E-state index contributed by atoms with van der Waals surface area (Å²) in [4.78, 5) is 15.8. The van der Waals surface area contributed by atoms with Crippen LogP contribution in [-0.4, -0.2) is 28.7 Å². The van der Waals surface area contributed by atoms with Gasteiger partial charge in [-0.05, 0) is 54.4 Å². The maximum Gasteiger partial charge on any atom is 0.237 e. The van der Waals surface area contributed by atoms with E-state index in [1.54, 1.807) is 18.0 Å². The molecule has 19 heavy (non-hydrogen) atoms. The van der Waals surface area contributed by atoms with Crippen molar-refractivity contribution < 1.29 is 4.79 Å². The van der Waals surface area contributed by atoms with Crippen molar-refractivity contribution in [3.05, 3.63) is 22.8 Å². The summed E-state index contributed by atoms with van der Waals surface area (Å²) in [5.41, 5.74) is 4.84. The SMILES string of the molecule is CCCNC(C)(CCSc1ncccc1Br)C(N)=O. The molecule has 0 radical (unpaired) electrons. The molecule has 1 aromatic rings. The van der Waals surface area contributed by atoms with Crippen LogP contribution in [0.3, 0.4) is 0 Å². The smallest absolute Gasteiger partial charge is 0.237 e. The molecule has 1 atom stereocenters. The van der Waals surface area contributed by atoms with Crippen LogP contribution < -0.4 is 11.1 Å². The predicted molar refractivity (Wildman–Crippen MR) is 83.2 cm³/mol. The molecule has 0 fully saturated rings. The van der Waals surface area contributed by atoms with Crippen LogP contribution in [0.25, 0.3) is 0 Å². The summed E-state index contributed by atoms with van der Waals surface area (Å²) in [6, 6.07) is 3.84. The second-order valence-corrected chi connectivity index (χ2v) is 6.45. The van der Waals surface area contributed by atoms with Gasteiger partial charge < -0.3 is 11.1 Å². The van der Waals surface area contributed by atoms with E-state index in [9.17, 15) is 4.79 Å². The molecule has 1 aromatic heterocycles. The number of carbonyl (C=O) groups is 1. The van der Waals surface area contributed by atoms with E-state index in [0.717, 1.165) is 28.2 Å². The zero-order chi connectivity index (χ0) is 14.3. The zero-order valence-electron chi connectivity index (χ0n) is 11.3. The minimum Gasteiger partial charge on any atom is -0.368 e. The fourth-order valence-corrected chi connectivity index (χ4v) is 3.17. The lowest BCUT2D eigenvalue weighted by atomic mass is 9.98. The minimum absolute atomic E-state index is 0.304. The van der Waals surface area contributed by atoms with Crippen LogP contribution in [0.2, 0.25) is 0 Å². The number of nitrogens with one attached hydrogen (secondary N) is 1. The number of nitrogens with two attached hydrogens (primary N) is 1. The first-order valence-corrected chi connectivity index (χ1v) is 8.05. The molecule has 0 aliphatic carbocycles. The lowest BCUT2D eigenvalue weighted by Crippen LogP contribution is -2.53. The Kier molecular flexibility index (Phi) is 6.82. The van der Waals surface area contributed by atoms with Crippen molar-refractivity contribution in [3.8, 4) is 0 Å². The van der Waals surface area contributed by atoms with Crippen LogP contribution in [0, 0.1) is 0 Å². The van der Waals surface area contributed by atoms with Crippen molar-refractivity contribution >= 4 is 33.6 Å². The summed E-state index contributed by atoms with van der Waals surface area (Å²) in [6.07, 6.45) is 3.41. The minimum atomic E-state index is -0.649. The van der Waals surface area contributed by atoms with Gasteiger partial charge in [0.2, 0.25) is 5.91 Å². The van der Waals surface area contributed by atoms with Crippen LogP contribution in [0.4, 0.5) is 0 Å². The number of hydrogen-bond acceptors (Lipinski definition) is 4. The van der Waals surface area contributed by atoms with E-state index >= 15 is 0 Å². The van der Waals surface area contributed by atoms with Gasteiger partial charge in [-0.1, -0.05) is 6.92 Å². The number of thioether (sulfide) groups is 1. The van der Waals surface area contributed by atoms with Crippen molar-refractivity contribution in [3.63, 3.8) is 0 Å². The third-order valence-electron chi connectivity index (χ3n) is 2.87. The Morgan fingerprint density at radius 3 is 2.95 bits per heavy atom. The second kappa shape index (κ2) is 7.87. The molecule has 0 aliphatic heterocycles. The van der Waals surface area contributed by atoms with Gasteiger partial charge in [0, 0.05) is 16.4 Å². The normalized spacial score (nSPS) is 14.1. The standard InChI is InChI=1S/C13H20BrN3OS/c1-3-7-17-13(2,12(15)18)6-9-19-11-10(14)5-4-8-16-11/h4-5,8,17H,3,6-7,9H2,1-2H3,(H2,15,18). The molecule has 0 bridgehead atoms. The molecule has 0 aromatic carbocycles. The average molecular weight is 346 g/mol. The number of amides is 1. The fourth-order valence-electron chi connectivity index (χ4n) is 1.53. The van der Waals surface area contributed by atoms with Gasteiger partial charge in [0.1, 0.15) is 5.03 Å². The molecule has 0 saturated carbocycles. The number of nitrogens with zero attached hydrogens (tertiary/aromatic N) is 1. The summed E-state index contributed by atoms with van der Waals surface area (Å²) in [5.74, 6) is 0.479. The van der Waals surface area contributed by atoms with E-state index in [1.807, 2.05) is 19.1 Å². The number of primary amides is 1. The highest BCUT2D eigenvalue weighted by atomic mass is 79.9. The molecular formula is C13H20BrN3OS. The molecule has 106 valence electrons. The van der Waals surface area contributed by atoms with Crippen LogP contribution in [-0.2, 0) is 4.79 Å². The van der Waals surface area contributed by atoms with E-state index in [0.29, 0.717) is 6.42 Å². The van der Waals surface area contributed by atoms with Crippen molar-refractivity contribution in [1.82, 2.24) is 10.3 Å². The van der Waals surface area contributed by atoms with Crippen molar-refractivity contribution in [2.75, 3.05) is 12.3 Å². The van der Waals surface area contributed by atoms with Gasteiger partial charge in [-0.15, -0.1) is 11.8 Å². The largest absolute Gasteiger partial charge is 0.368 e. The van der Waals surface area contributed by atoms with Crippen molar-refractivity contribution in [1.29, 1.82) is 0 Å². The second-order valence-electron chi connectivity index (χ2n) is 4.51. The fraction of sp³-hybridized carbons (Fsp3) is 0.538. The van der Waals surface area contributed by atoms with Gasteiger partial charge >= 0.3 is 0 Å². The van der Waals surface area contributed by atoms with Gasteiger partial charge in [0.15, 0.2) is 0 Å². The zero-order valence-corrected chi connectivity index (χ0v) is 13.7. The first kappa shape index (κ1) is 16.5. The molecule has 1 heterocycles. The lowest BCUT2D eigenvalue weighted by molar-refractivity contribution is -0.123. The molecule has 0 spiro atoms. The third kappa shape index (κ3) is 5.12. The van der Waals surface area contributed by atoms with E-state index in [-0.39, 0.29) is 5.91 Å².